The van der Waals surface area contributed by atoms with Crippen molar-refractivity contribution in [1.82, 2.24) is 5.43 Å². The Morgan fingerprint density at radius 2 is 1.76 bits per heavy atom. The number of nitrogens with zero attached hydrogens (tertiary/aromatic N) is 2. The van der Waals surface area contributed by atoms with Gasteiger partial charge in [0.1, 0.15) is 6.07 Å². The summed E-state index contributed by atoms with van der Waals surface area (Å²) in [6.07, 6.45) is 0. The predicted octanol–water partition coefficient (Wildman–Crippen LogP) is 3.31. The quantitative estimate of drug-likeness (QED) is 0.698. The van der Waals surface area contributed by atoms with Crippen molar-refractivity contribution in [2.24, 2.45) is 5.10 Å². The zero-order valence-corrected chi connectivity index (χ0v) is 12.1. The van der Waals surface area contributed by atoms with Gasteiger partial charge in [-0.25, -0.2) is 5.43 Å². The molecule has 1 N–H and O–H groups in total. The summed E-state index contributed by atoms with van der Waals surface area (Å²) in [5.41, 5.74) is 4.27. The zero-order chi connectivity index (χ0) is 15.2. The third kappa shape index (κ3) is 3.47. The maximum absolute atomic E-state index is 12.0. The van der Waals surface area contributed by atoms with E-state index in [-0.39, 0.29) is 11.6 Å². The molecular weight excluding hydrogens is 286 g/mol. The molecule has 104 valence electrons. The van der Waals surface area contributed by atoms with Crippen LogP contribution in [-0.2, 0) is 0 Å². The Bertz CT molecular complexity index is 747. The molecule has 0 aliphatic heterocycles. The zero-order valence-electron chi connectivity index (χ0n) is 11.3. The summed E-state index contributed by atoms with van der Waals surface area (Å²) in [6.45, 7) is 1.83. The van der Waals surface area contributed by atoms with Gasteiger partial charge in [-0.2, -0.15) is 10.4 Å². The molecule has 21 heavy (non-hydrogen) atoms. The Hall–Kier alpha value is -2.64. The van der Waals surface area contributed by atoms with Crippen LogP contribution in [0, 0.1) is 18.3 Å². The van der Waals surface area contributed by atoms with Crippen LogP contribution in [0.15, 0.2) is 53.6 Å². The molecule has 2 aromatic carbocycles. The molecule has 0 aliphatic carbocycles. The number of hydrazone groups is 1. The molecule has 2 rings (SSSR count). The van der Waals surface area contributed by atoms with Crippen LogP contribution in [0.5, 0.6) is 0 Å². The first-order chi connectivity index (χ1) is 10.1. The lowest BCUT2D eigenvalue weighted by molar-refractivity contribution is 0.0954. The van der Waals surface area contributed by atoms with Crippen LogP contribution in [0.2, 0.25) is 5.02 Å². The van der Waals surface area contributed by atoms with Crippen LogP contribution in [0.25, 0.3) is 0 Å². The Kier molecular flexibility index (Phi) is 4.70. The van der Waals surface area contributed by atoms with Crippen LogP contribution >= 0.6 is 11.6 Å². The highest BCUT2D eigenvalue weighted by Gasteiger charge is 2.10. The van der Waals surface area contributed by atoms with Gasteiger partial charge in [0.15, 0.2) is 5.71 Å². The Labute approximate surface area is 127 Å². The van der Waals surface area contributed by atoms with E-state index in [1.165, 1.54) is 0 Å². The minimum Gasteiger partial charge on any atom is -0.267 e. The van der Waals surface area contributed by atoms with Crippen LogP contribution in [-0.4, -0.2) is 11.6 Å². The van der Waals surface area contributed by atoms with Gasteiger partial charge in [-0.15, -0.1) is 0 Å². The number of rotatable bonds is 3. The number of carbonyl (C=O) groups is 1. The first-order valence-electron chi connectivity index (χ1n) is 6.22. The second kappa shape index (κ2) is 6.69. The number of benzene rings is 2. The van der Waals surface area contributed by atoms with Gasteiger partial charge in [-0.05, 0) is 24.6 Å². The van der Waals surface area contributed by atoms with Crippen LogP contribution in [0.1, 0.15) is 21.5 Å². The fraction of sp³-hybridized carbons (Fsp3) is 0.0625. The van der Waals surface area contributed by atoms with Crippen molar-refractivity contribution in [3.63, 3.8) is 0 Å². The van der Waals surface area contributed by atoms with E-state index >= 15 is 0 Å². The molecule has 0 atom stereocenters. The van der Waals surface area contributed by atoms with Crippen LogP contribution < -0.4 is 5.43 Å². The highest BCUT2D eigenvalue weighted by atomic mass is 35.5. The number of carbonyl (C=O) groups excluding carboxylic acids is 1. The molecule has 0 fully saturated rings. The van der Waals surface area contributed by atoms with Crippen LogP contribution in [0.4, 0.5) is 0 Å². The smallest absolute Gasteiger partial charge is 0.267 e. The molecule has 5 heteroatoms. The number of nitrogens with one attached hydrogen (secondary N) is 1. The van der Waals surface area contributed by atoms with Gasteiger partial charge in [-0.3, -0.25) is 4.79 Å². The summed E-state index contributed by atoms with van der Waals surface area (Å²) in [7, 11) is 0. The van der Waals surface area contributed by atoms with E-state index in [2.05, 4.69) is 10.5 Å². The maximum atomic E-state index is 12.0. The third-order valence-electron chi connectivity index (χ3n) is 2.89. The summed E-state index contributed by atoms with van der Waals surface area (Å²) >= 11 is 6.01. The first-order valence-corrected chi connectivity index (χ1v) is 6.60. The van der Waals surface area contributed by atoms with Crippen molar-refractivity contribution in [2.45, 2.75) is 6.92 Å². The molecule has 0 spiro atoms. The molecule has 4 nitrogen and oxygen atoms in total. The molecule has 0 aromatic heterocycles. The van der Waals surface area contributed by atoms with Gasteiger partial charge in [0, 0.05) is 11.1 Å². The van der Waals surface area contributed by atoms with Gasteiger partial charge in [0.25, 0.3) is 5.91 Å². The largest absolute Gasteiger partial charge is 0.271 e. The molecule has 0 saturated heterocycles. The fourth-order valence-corrected chi connectivity index (χ4v) is 2.02. The number of hydrogen-bond acceptors (Lipinski definition) is 3. The van der Waals surface area contributed by atoms with E-state index in [4.69, 9.17) is 16.9 Å². The van der Waals surface area contributed by atoms with Crippen molar-refractivity contribution < 1.29 is 4.79 Å². The second-order valence-electron chi connectivity index (χ2n) is 4.31. The summed E-state index contributed by atoms with van der Waals surface area (Å²) in [4.78, 5) is 12.0. The minimum absolute atomic E-state index is 0.0579. The van der Waals surface area contributed by atoms with Crippen molar-refractivity contribution in [2.75, 3.05) is 0 Å². The number of amides is 1. The topological polar surface area (TPSA) is 65.2 Å². The van der Waals surface area contributed by atoms with Gasteiger partial charge >= 0.3 is 0 Å². The predicted molar refractivity (Wildman–Crippen MR) is 82.2 cm³/mol. The second-order valence-corrected chi connectivity index (χ2v) is 4.72. The average molecular weight is 298 g/mol. The Morgan fingerprint density at radius 3 is 2.38 bits per heavy atom. The Morgan fingerprint density at radius 1 is 1.14 bits per heavy atom. The molecule has 0 unspecified atom stereocenters. The van der Waals surface area contributed by atoms with E-state index in [1.54, 1.807) is 36.4 Å². The summed E-state index contributed by atoms with van der Waals surface area (Å²) in [5, 5.41) is 13.4. The summed E-state index contributed by atoms with van der Waals surface area (Å²) in [6, 6.07) is 15.9. The van der Waals surface area contributed by atoms with Gasteiger partial charge < -0.3 is 0 Å². The van der Waals surface area contributed by atoms with E-state index in [0.29, 0.717) is 16.1 Å². The molecular formula is C16H12ClN3O. The number of nitriles is 1. The van der Waals surface area contributed by atoms with E-state index in [0.717, 1.165) is 5.56 Å². The molecule has 2 aromatic rings. The molecule has 1 amide bonds. The number of hydrogen-bond donors (Lipinski definition) is 1. The lowest BCUT2D eigenvalue weighted by Crippen LogP contribution is -2.20. The van der Waals surface area contributed by atoms with E-state index in [1.807, 2.05) is 25.1 Å². The average Bonchev–Trinajstić information content (AvgIpc) is 2.49. The molecule has 0 bridgehead atoms. The van der Waals surface area contributed by atoms with Gasteiger partial charge in [0.05, 0.1) is 5.02 Å². The lowest BCUT2D eigenvalue weighted by atomic mass is 10.1. The summed E-state index contributed by atoms with van der Waals surface area (Å²) in [5.74, 6) is -0.368. The van der Waals surface area contributed by atoms with Gasteiger partial charge in [0.2, 0.25) is 0 Å². The van der Waals surface area contributed by atoms with Gasteiger partial charge in [-0.1, -0.05) is 48.0 Å². The standard InChI is InChI=1S/C16H12ClN3O/c1-11-6-2-3-7-12(11)16(21)20-19-15(10-18)13-8-4-5-9-14(13)17/h2-9H,1H3,(H,20,21)/b19-15+. The first kappa shape index (κ1) is 14.8. The molecule has 0 heterocycles. The van der Waals surface area contributed by atoms with E-state index < -0.39 is 0 Å². The SMILES string of the molecule is Cc1ccccc1C(=O)N/N=C(\C#N)c1ccccc1Cl. The normalized spacial score (nSPS) is 10.8. The monoisotopic (exact) mass is 297 g/mol. The maximum Gasteiger partial charge on any atom is 0.271 e. The highest BCUT2D eigenvalue weighted by molar-refractivity contribution is 6.35. The van der Waals surface area contributed by atoms with Crippen molar-refractivity contribution in [3.05, 3.63) is 70.2 Å². The number of aryl methyl sites for hydroxylation is 1. The van der Waals surface area contributed by atoms with Crippen molar-refractivity contribution in [3.8, 4) is 6.07 Å². The van der Waals surface area contributed by atoms with Crippen molar-refractivity contribution in [1.29, 1.82) is 5.26 Å². The third-order valence-corrected chi connectivity index (χ3v) is 3.22. The lowest BCUT2D eigenvalue weighted by Gasteiger charge is -2.05. The molecule has 0 saturated carbocycles. The highest BCUT2D eigenvalue weighted by Crippen LogP contribution is 2.15. The Balaban J connectivity index is 2.24. The van der Waals surface area contributed by atoms with Crippen LogP contribution in [0.3, 0.4) is 0 Å². The molecule has 0 aliphatic rings. The fourth-order valence-electron chi connectivity index (χ4n) is 1.79. The summed E-state index contributed by atoms with van der Waals surface area (Å²) < 4.78 is 0. The number of halogens is 1. The van der Waals surface area contributed by atoms with Crippen molar-refractivity contribution >= 4 is 23.2 Å². The van der Waals surface area contributed by atoms with E-state index in [9.17, 15) is 4.79 Å². The minimum atomic E-state index is -0.368. The molecule has 0 radical (unpaired) electrons.